The van der Waals surface area contributed by atoms with Gasteiger partial charge in [0.1, 0.15) is 22.5 Å². The Bertz CT molecular complexity index is 1890. The molecule has 1 N–H and O–H groups in total. The summed E-state index contributed by atoms with van der Waals surface area (Å²) in [4.78, 5) is 8.08. The molecule has 0 amide bonds. The van der Waals surface area contributed by atoms with Gasteiger partial charge in [-0.2, -0.15) is 23.4 Å². The van der Waals surface area contributed by atoms with Gasteiger partial charge >= 0.3 is 6.18 Å². The fraction of sp³-hybridized carbons (Fsp3) is 0.179. The Morgan fingerprint density at radius 2 is 1.91 bits per heavy atom. The van der Waals surface area contributed by atoms with Crippen LogP contribution in [0.1, 0.15) is 23.1 Å². The van der Waals surface area contributed by atoms with Gasteiger partial charge in [0.05, 0.1) is 41.3 Å². The summed E-state index contributed by atoms with van der Waals surface area (Å²) in [6.07, 6.45) is 4.30. The van der Waals surface area contributed by atoms with Crippen LogP contribution in [0.4, 0.5) is 17.6 Å². The van der Waals surface area contributed by atoms with Gasteiger partial charge in [0.15, 0.2) is 11.0 Å². The van der Waals surface area contributed by atoms with Gasteiger partial charge in [0.2, 0.25) is 0 Å². The first-order valence-corrected chi connectivity index (χ1v) is 13.4. The Hall–Kier alpha value is -5.02. The summed E-state index contributed by atoms with van der Waals surface area (Å²) in [7, 11) is 1.57. The molecule has 5 aromatic heterocycles. The highest BCUT2D eigenvalue weighted by atomic mass is 35.5. The van der Waals surface area contributed by atoms with Crippen molar-refractivity contribution in [2.45, 2.75) is 25.4 Å². The van der Waals surface area contributed by atoms with Crippen molar-refractivity contribution in [3.05, 3.63) is 108 Å². The van der Waals surface area contributed by atoms with Crippen LogP contribution >= 0.6 is 11.6 Å². The summed E-state index contributed by atoms with van der Waals surface area (Å²) < 4.78 is 65.1. The number of H-pyrrole nitrogens is 1. The molecule has 1 aromatic carbocycles. The van der Waals surface area contributed by atoms with E-state index in [4.69, 9.17) is 16.3 Å². The molecule has 0 radical (unpaired) electrons. The number of aromatic amines is 1. The zero-order chi connectivity index (χ0) is 30.8. The predicted molar refractivity (Wildman–Crippen MR) is 148 cm³/mol. The molecule has 0 bridgehead atoms. The lowest BCUT2D eigenvalue weighted by molar-refractivity contribution is -0.659. The molecule has 5 heterocycles. The summed E-state index contributed by atoms with van der Waals surface area (Å²) in [5.74, 6) is -0.646. The van der Waals surface area contributed by atoms with Gasteiger partial charge < -0.3 is 4.74 Å². The average Bonchev–Trinajstić information content (AvgIpc) is 3.80. The van der Waals surface area contributed by atoms with E-state index in [0.29, 0.717) is 40.4 Å². The second-order valence-corrected chi connectivity index (χ2v) is 10.0. The average molecular weight is 626 g/mol. The van der Waals surface area contributed by atoms with Crippen molar-refractivity contribution < 1.29 is 27.0 Å². The zero-order valence-corrected chi connectivity index (χ0v) is 23.6. The van der Waals surface area contributed by atoms with Crippen molar-refractivity contribution in [2.75, 3.05) is 7.11 Å². The summed E-state index contributed by atoms with van der Waals surface area (Å²) in [6.45, 7) is 0.589. The minimum atomic E-state index is -4.59. The number of nitrogens with one attached hydrogen (secondary N) is 1. The van der Waals surface area contributed by atoms with Gasteiger partial charge in [-0.25, -0.2) is 4.39 Å². The number of alkyl halides is 3. The van der Waals surface area contributed by atoms with E-state index in [9.17, 15) is 13.2 Å². The van der Waals surface area contributed by atoms with E-state index in [2.05, 4.69) is 35.7 Å². The molecule has 224 valence electrons. The number of pyridine rings is 2. The fourth-order valence-corrected chi connectivity index (χ4v) is 4.86. The SMILES string of the molecule is COCc1ccn(C[C@H](c2ccc(-c3c(-[n+]4cnn[nH]4)ccc(Cl)c3F)cn2)n2cc(-c3ccnc(C(F)(F)F)c3)cn2)n1. The maximum Gasteiger partial charge on any atom is 0.433 e. The zero-order valence-electron chi connectivity index (χ0n) is 22.8. The number of benzene rings is 1. The van der Waals surface area contributed by atoms with Gasteiger partial charge in [-0.1, -0.05) is 22.9 Å². The van der Waals surface area contributed by atoms with Gasteiger partial charge in [-0.15, -0.1) is 4.68 Å². The van der Waals surface area contributed by atoms with Crippen molar-refractivity contribution in [3.8, 4) is 27.9 Å². The number of tetrazole rings is 1. The largest absolute Gasteiger partial charge is 0.433 e. The van der Waals surface area contributed by atoms with Crippen LogP contribution in [0.2, 0.25) is 5.02 Å². The van der Waals surface area contributed by atoms with Crippen LogP contribution in [0.15, 0.2) is 79.8 Å². The van der Waals surface area contributed by atoms with Crippen molar-refractivity contribution in [3.63, 3.8) is 0 Å². The molecule has 0 spiro atoms. The van der Waals surface area contributed by atoms with Crippen LogP contribution in [-0.2, 0) is 24.1 Å². The topological polar surface area (TPSA) is 116 Å². The van der Waals surface area contributed by atoms with E-state index in [-0.39, 0.29) is 17.1 Å². The molecule has 6 aromatic rings. The monoisotopic (exact) mass is 625 g/mol. The summed E-state index contributed by atoms with van der Waals surface area (Å²) in [5, 5.41) is 19.0. The Kier molecular flexibility index (Phi) is 7.88. The molecule has 0 saturated carbocycles. The maximum absolute atomic E-state index is 15.3. The molecule has 0 aliphatic carbocycles. The second-order valence-electron chi connectivity index (χ2n) is 9.64. The first-order chi connectivity index (χ1) is 21.2. The molecule has 0 fully saturated rings. The molecule has 0 aliphatic rings. The lowest BCUT2D eigenvalue weighted by atomic mass is 10.0. The molecule has 16 heteroatoms. The first-order valence-electron chi connectivity index (χ1n) is 13.0. The van der Waals surface area contributed by atoms with Gasteiger partial charge in [-0.05, 0) is 42.0 Å². The van der Waals surface area contributed by atoms with Crippen LogP contribution in [0.5, 0.6) is 0 Å². The van der Waals surface area contributed by atoms with E-state index in [0.717, 1.165) is 12.3 Å². The van der Waals surface area contributed by atoms with E-state index < -0.39 is 23.7 Å². The number of halogens is 5. The van der Waals surface area contributed by atoms with Crippen molar-refractivity contribution in [1.29, 1.82) is 0 Å². The third-order valence-corrected chi connectivity index (χ3v) is 7.07. The number of nitrogens with zero attached hydrogens (tertiary/aromatic N) is 9. The van der Waals surface area contributed by atoms with E-state index >= 15 is 4.39 Å². The predicted octanol–water partition coefficient (Wildman–Crippen LogP) is 4.85. The molecule has 1 atom stereocenters. The number of rotatable bonds is 9. The van der Waals surface area contributed by atoms with E-state index in [1.807, 2.05) is 6.07 Å². The molecular weight excluding hydrogens is 604 g/mol. The Morgan fingerprint density at radius 3 is 2.64 bits per heavy atom. The van der Waals surface area contributed by atoms with Gasteiger partial charge in [-0.3, -0.25) is 19.3 Å². The number of hydrogen-bond donors (Lipinski definition) is 1. The summed E-state index contributed by atoms with van der Waals surface area (Å²) in [5.41, 5.74) is 2.03. The van der Waals surface area contributed by atoms with Crippen molar-refractivity contribution >= 4 is 11.6 Å². The summed E-state index contributed by atoms with van der Waals surface area (Å²) >= 11 is 6.12. The Labute approximate surface area is 251 Å². The number of hydrogen-bond acceptors (Lipinski definition) is 7. The molecule has 0 saturated heterocycles. The molecule has 0 aliphatic heterocycles. The molecule has 44 heavy (non-hydrogen) atoms. The van der Waals surface area contributed by atoms with Crippen molar-refractivity contribution in [2.24, 2.45) is 0 Å². The van der Waals surface area contributed by atoms with E-state index in [1.165, 1.54) is 35.5 Å². The number of methoxy groups -OCH3 is 1. The third-order valence-electron chi connectivity index (χ3n) is 6.78. The number of ether oxygens (including phenoxy) is 1. The Morgan fingerprint density at radius 1 is 1.05 bits per heavy atom. The highest BCUT2D eigenvalue weighted by Crippen LogP contribution is 2.33. The highest BCUT2D eigenvalue weighted by molar-refractivity contribution is 6.31. The molecule has 0 unspecified atom stereocenters. The van der Waals surface area contributed by atoms with Crippen molar-refractivity contribution in [1.82, 2.24) is 45.1 Å². The van der Waals surface area contributed by atoms with Crippen LogP contribution < -0.4 is 4.68 Å². The maximum atomic E-state index is 15.3. The van der Waals surface area contributed by atoms with Crippen LogP contribution in [-0.4, -0.2) is 52.2 Å². The third kappa shape index (κ3) is 5.91. The molecule has 6 rings (SSSR count). The summed E-state index contributed by atoms with van der Waals surface area (Å²) in [6, 6.07) is 10.2. The van der Waals surface area contributed by atoms with E-state index in [1.54, 1.807) is 47.1 Å². The van der Waals surface area contributed by atoms with Gasteiger partial charge in [0, 0.05) is 43.0 Å². The minimum Gasteiger partial charge on any atom is -0.378 e. The molecule has 11 nitrogen and oxygen atoms in total. The van der Waals surface area contributed by atoms with Gasteiger partial charge in [0.25, 0.3) is 6.33 Å². The second kappa shape index (κ2) is 11.9. The minimum absolute atomic E-state index is 0.0711. The lowest BCUT2D eigenvalue weighted by Crippen LogP contribution is -2.33. The smallest absolute Gasteiger partial charge is 0.378 e. The Balaban J connectivity index is 1.38. The molecular formula is C28H22ClF4N10O+. The van der Waals surface area contributed by atoms with Crippen LogP contribution in [0.25, 0.3) is 27.9 Å². The fourth-order valence-electron chi connectivity index (χ4n) is 4.70. The quantitative estimate of drug-likeness (QED) is 0.180. The van der Waals surface area contributed by atoms with Crippen LogP contribution in [0, 0.1) is 5.82 Å². The normalized spacial score (nSPS) is 12.5. The number of aromatic nitrogens is 10. The van der Waals surface area contributed by atoms with Crippen LogP contribution in [0.3, 0.4) is 0 Å². The highest BCUT2D eigenvalue weighted by Gasteiger charge is 2.32. The standard InChI is InChI=1S/C28H21ClF4N10O/c1-44-15-20-7-9-41(38-20)14-24(42-13-19(12-37-42)17-6-8-34-25(10-17)28(31,32)33)22-4-2-18(11-35-22)26-23(43-16-36-39-40-43)5-3-21(29)27(26)30/h2-13,16,24H,14-15H2,1H3/p+1/t24-/m1/s1. The first kappa shape index (κ1) is 29.1. The lowest BCUT2D eigenvalue weighted by Gasteiger charge is -2.18.